The predicted octanol–water partition coefficient (Wildman–Crippen LogP) is 2.76. The van der Waals surface area contributed by atoms with Crippen molar-refractivity contribution >= 4 is 17.3 Å². The van der Waals surface area contributed by atoms with Crippen LogP contribution in [0.5, 0.6) is 0 Å². The van der Waals surface area contributed by atoms with E-state index in [-0.39, 0.29) is 11.6 Å². The van der Waals surface area contributed by atoms with Crippen LogP contribution in [0.25, 0.3) is 0 Å². The lowest BCUT2D eigenvalue weighted by molar-refractivity contribution is -0.118. The maximum absolute atomic E-state index is 13.1. The third-order valence-corrected chi connectivity index (χ3v) is 3.28. The number of rotatable bonds is 5. The van der Waals surface area contributed by atoms with Crippen molar-refractivity contribution in [3.05, 3.63) is 42.2 Å². The highest BCUT2D eigenvalue weighted by Crippen LogP contribution is 2.18. The summed E-state index contributed by atoms with van der Waals surface area (Å²) in [6.07, 6.45) is 5.24. The van der Waals surface area contributed by atoms with E-state index >= 15 is 0 Å². The Kier molecular flexibility index (Phi) is 4.57. The number of nitrogens with zero attached hydrogens (tertiary/aromatic N) is 2. The smallest absolute Gasteiger partial charge is 0.247 e. The first-order valence-corrected chi connectivity index (χ1v) is 6.90. The minimum atomic E-state index is -0.499. The fraction of sp³-hybridized carbons (Fsp3) is 0.333. The van der Waals surface area contributed by atoms with Crippen molar-refractivity contribution in [2.75, 3.05) is 11.1 Å². The molecule has 0 fully saturated rings. The molecule has 1 atom stereocenters. The second-order valence-corrected chi connectivity index (χ2v) is 4.90. The number of benzene rings is 1. The molecule has 0 spiro atoms. The molecule has 0 saturated heterocycles. The van der Waals surface area contributed by atoms with Crippen molar-refractivity contribution in [1.29, 1.82) is 0 Å². The second-order valence-electron chi connectivity index (χ2n) is 4.90. The largest absolute Gasteiger partial charge is 0.396 e. The third kappa shape index (κ3) is 3.39. The molecule has 3 N–H and O–H groups in total. The van der Waals surface area contributed by atoms with Crippen molar-refractivity contribution in [1.82, 2.24) is 9.55 Å². The summed E-state index contributed by atoms with van der Waals surface area (Å²) in [6, 6.07) is 3.72. The SMILES string of the molecule is CCCc1nccn1C(C)C(=O)Nc1ccc(F)c(N)c1. The summed E-state index contributed by atoms with van der Waals surface area (Å²) >= 11 is 0. The van der Waals surface area contributed by atoms with Crippen LogP contribution in [0, 0.1) is 5.82 Å². The van der Waals surface area contributed by atoms with Gasteiger partial charge in [0.2, 0.25) is 5.91 Å². The number of hydrogen-bond acceptors (Lipinski definition) is 3. The van der Waals surface area contributed by atoms with Gasteiger partial charge in [0.05, 0.1) is 5.69 Å². The minimum absolute atomic E-state index is 0.00903. The number of aryl methyl sites for hydroxylation is 1. The molecule has 2 rings (SSSR count). The maximum Gasteiger partial charge on any atom is 0.247 e. The molecule has 1 amide bonds. The number of aromatic nitrogens is 2. The summed E-state index contributed by atoms with van der Waals surface area (Å²) in [5.74, 6) is 0.177. The molecule has 0 aliphatic rings. The van der Waals surface area contributed by atoms with Crippen molar-refractivity contribution in [3.8, 4) is 0 Å². The van der Waals surface area contributed by atoms with Crippen molar-refractivity contribution in [2.24, 2.45) is 0 Å². The fourth-order valence-electron chi connectivity index (χ4n) is 2.11. The highest BCUT2D eigenvalue weighted by atomic mass is 19.1. The molecular formula is C15H19FN4O. The van der Waals surface area contributed by atoms with E-state index in [9.17, 15) is 9.18 Å². The third-order valence-electron chi connectivity index (χ3n) is 3.28. The molecule has 0 aliphatic heterocycles. The van der Waals surface area contributed by atoms with E-state index in [1.165, 1.54) is 18.2 Å². The molecule has 1 aromatic heterocycles. The Morgan fingerprint density at radius 1 is 1.52 bits per heavy atom. The number of carbonyl (C=O) groups is 1. The van der Waals surface area contributed by atoms with Crippen LogP contribution in [0.3, 0.4) is 0 Å². The van der Waals surface area contributed by atoms with E-state index in [1.54, 1.807) is 19.3 Å². The number of nitrogen functional groups attached to an aromatic ring is 1. The number of nitrogens with two attached hydrogens (primary N) is 1. The summed E-state index contributed by atoms with van der Waals surface area (Å²) in [6.45, 7) is 3.86. The molecule has 6 heteroatoms. The zero-order valence-electron chi connectivity index (χ0n) is 12.1. The zero-order valence-corrected chi connectivity index (χ0v) is 12.1. The van der Waals surface area contributed by atoms with Crippen LogP contribution < -0.4 is 11.1 Å². The average Bonchev–Trinajstić information content (AvgIpc) is 2.90. The van der Waals surface area contributed by atoms with E-state index in [4.69, 9.17) is 5.73 Å². The van der Waals surface area contributed by atoms with Gasteiger partial charge >= 0.3 is 0 Å². The first kappa shape index (κ1) is 15.0. The van der Waals surface area contributed by atoms with Crippen molar-refractivity contribution in [3.63, 3.8) is 0 Å². The van der Waals surface area contributed by atoms with Gasteiger partial charge in [0.25, 0.3) is 0 Å². The number of imidazole rings is 1. The quantitative estimate of drug-likeness (QED) is 0.832. The van der Waals surface area contributed by atoms with Gasteiger partial charge < -0.3 is 15.6 Å². The lowest BCUT2D eigenvalue weighted by Gasteiger charge is -2.16. The van der Waals surface area contributed by atoms with Gasteiger partial charge in [0.15, 0.2) is 0 Å². The zero-order chi connectivity index (χ0) is 15.4. The molecule has 1 heterocycles. The summed E-state index contributed by atoms with van der Waals surface area (Å²) in [7, 11) is 0. The average molecular weight is 290 g/mol. The van der Waals surface area contributed by atoms with Gasteiger partial charge in [0.1, 0.15) is 17.7 Å². The van der Waals surface area contributed by atoms with Gasteiger partial charge in [-0.25, -0.2) is 9.37 Å². The monoisotopic (exact) mass is 290 g/mol. The number of halogens is 1. The normalized spacial score (nSPS) is 12.1. The maximum atomic E-state index is 13.1. The molecule has 112 valence electrons. The van der Waals surface area contributed by atoms with Crippen LogP contribution in [-0.2, 0) is 11.2 Å². The summed E-state index contributed by atoms with van der Waals surface area (Å²) in [5, 5.41) is 2.73. The lowest BCUT2D eigenvalue weighted by atomic mass is 10.2. The molecule has 0 radical (unpaired) electrons. The number of nitrogens with one attached hydrogen (secondary N) is 1. The van der Waals surface area contributed by atoms with E-state index in [1.807, 2.05) is 4.57 Å². The molecular weight excluding hydrogens is 271 g/mol. The van der Waals surface area contributed by atoms with Crippen LogP contribution in [0.4, 0.5) is 15.8 Å². The number of anilines is 2. The molecule has 5 nitrogen and oxygen atoms in total. The van der Waals surface area contributed by atoms with E-state index in [0.29, 0.717) is 5.69 Å². The topological polar surface area (TPSA) is 72.9 Å². The van der Waals surface area contributed by atoms with Gasteiger partial charge in [0, 0.05) is 24.5 Å². The molecule has 1 unspecified atom stereocenters. The van der Waals surface area contributed by atoms with Crippen LogP contribution >= 0.6 is 0 Å². The second kappa shape index (κ2) is 6.39. The predicted molar refractivity (Wildman–Crippen MR) is 80.4 cm³/mol. The standard InChI is InChI=1S/C15H19FN4O/c1-3-4-14-18-7-8-20(14)10(2)15(21)19-11-5-6-12(16)13(17)9-11/h5-10H,3-4,17H2,1-2H3,(H,19,21). The van der Waals surface area contributed by atoms with Crippen LogP contribution in [0.1, 0.15) is 32.1 Å². The first-order valence-electron chi connectivity index (χ1n) is 6.90. The van der Waals surface area contributed by atoms with Gasteiger partial charge in [-0.1, -0.05) is 6.92 Å². The Morgan fingerprint density at radius 2 is 2.29 bits per heavy atom. The molecule has 21 heavy (non-hydrogen) atoms. The van der Waals surface area contributed by atoms with E-state index in [0.717, 1.165) is 18.7 Å². The minimum Gasteiger partial charge on any atom is -0.396 e. The fourth-order valence-corrected chi connectivity index (χ4v) is 2.11. The molecule has 0 bridgehead atoms. The summed E-state index contributed by atoms with van der Waals surface area (Å²) < 4.78 is 14.9. The van der Waals surface area contributed by atoms with Crippen LogP contribution in [-0.4, -0.2) is 15.5 Å². The van der Waals surface area contributed by atoms with Gasteiger partial charge in [-0.05, 0) is 31.5 Å². The Labute approximate surface area is 123 Å². The molecule has 0 saturated carbocycles. The Balaban J connectivity index is 2.11. The number of hydrogen-bond donors (Lipinski definition) is 2. The number of carbonyl (C=O) groups excluding carboxylic acids is 1. The molecule has 2 aromatic rings. The van der Waals surface area contributed by atoms with E-state index in [2.05, 4.69) is 17.2 Å². The van der Waals surface area contributed by atoms with Gasteiger partial charge in [-0.2, -0.15) is 0 Å². The Bertz CT molecular complexity index is 638. The summed E-state index contributed by atoms with van der Waals surface area (Å²) in [5.41, 5.74) is 5.97. The van der Waals surface area contributed by atoms with Crippen molar-refractivity contribution in [2.45, 2.75) is 32.7 Å². The van der Waals surface area contributed by atoms with E-state index < -0.39 is 11.9 Å². The van der Waals surface area contributed by atoms with Gasteiger partial charge in [-0.15, -0.1) is 0 Å². The Hall–Kier alpha value is -2.37. The van der Waals surface area contributed by atoms with Crippen LogP contribution in [0.2, 0.25) is 0 Å². The molecule has 1 aromatic carbocycles. The van der Waals surface area contributed by atoms with Crippen molar-refractivity contribution < 1.29 is 9.18 Å². The highest BCUT2D eigenvalue weighted by molar-refractivity contribution is 5.93. The lowest BCUT2D eigenvalue weighted by Crippen LogP contribution is -2.24. The Morgan fingerprint density at radius 3 is 2.95 bits per heavy atom. The molecule has 0 aliphatic carbocycles. The van der Waals surface area contributed by atoms with Crippen LogP contribution in [0.15, 0.2) is 30.6 Å². The summed E-state index contributed by atoms with van der Waals surface area (Å²) in [4.78, 5) is 16.5. The first-order chi connectivity index (χ1) is 10.0. The highest BCUT2D eigenvalue weighted by Gasteiger charge is 2.17. The van der Waals surface area contributed by atoms with Gasteiger partial charge in [-0.3, -0.25) is 4.79 Å². The number of amides is 1.